The Morgan fingerprint density at radius 3 is 2.14 bits per heavy atom. The molecule has 0 aliphatic heterocycles. The van der Waals surface area contributed by atoms with E-state index in [2.05, 4.69) is 15.8 Å². The molecule has 0 unspecified atom stereocenters. The molecule has 0 aromatic heterocycles. The van der Waals surface area contributed by atoms with Crippen molar-refractivity contribution in [3.63, 3.8) is 0 Å². The van der Waals surface area contributed by atoms with Crippen LogP contribution in [0.4, 0.5) is 11.4 Å². The molecule has 0 bridgehead atoms. The summed E-state index contributed by atoms with van der Waals surface area (Å²) in [5, 5.41) is 6.96. The Hall–Kier alpha value is -4.18. The first kappa shape index (κ1) is 27.4. The molecular formula is C27H30N4O5S. The van der Waals surface area contributed by atoms with Crippen molar-refractivity contribution >= 4 is 38.9 Å². The number of nitrogens with one attached hydrogen (secondary N) is 2. The van der Waals surface area contributed by atoms with Crippen LogP contribution < -0.4 is 19.8 Å². The van der Waals surface area contributed by atoms with Crippen LogP contribution in [0, 0.1) is 0 Å². The van der Waals surface area contributed by atoms with Gasteiger partial charge in [0.2, 0.25) is 10.0 Å². The van der Waals surface area contributed by atoms with Crippen molar-refractivity contribution < 1.29 is 22.7 Å². The lowest BCUT2D eigenvalue weighted by atomic mass is 10.1. The summed E-state index contributed by atoms with van der Waals surface area (Å²) in [6.45, 7) is 5.53. The molecule has 0 heterocycles. The maximum absolute atomic E-state index is 12.8. The Labute approximate surface area is 217 Å². The van der Waals surface area contributed by atoms with E-state index in [9.17, 15) is 18.0 Å². The van der Waals surface area contributed by atoms with E-state index in [0.717, 1.165) is 16.1 Å². The van der Waals surface area contributed by atoms with Gasteiger partial charge in [-0.15, -0.1) is 0 Å². The largest absolute Gasteiger partial charge is 0.494 e. The summed E-state index contributed by atoms with van der Waals surface area (Å²) in [6, 6.07) is 21.3. The van der Waals surface area contributed by atoms with E-state index >= 15 is 0 Å². The van der Waals surface area contributed by atoms with Crippen LogP contribution in [0.25, 0.3) is 0 Å². The average Bonchev–Trinajstić information content (AvgIpc) is 2.88. The van der Waals surface area contributed by atoms with Crippen molar-refractivity contribution in [1.82, 2.24) is 5.43 Å². The van der Waals surface area contributed by atoms with Crippen molar-refractivity contribution in [2.24, 2.45) is 5.10 Å². The lowest BCUT2D eigenvalue weighted by molar-refractivity contribution is -0.121. The first-order valence-electron chi connectivity index (χ1n) is 11.6. The maximum atomic E-state index is 12.8. The number of carbonyl (C=O) groups is 2. The number of hydrazone groups is 1. The molecule has 2 N–H and O–H groups in total. The Morgan fingerprint density at radius 1 is 0.946 bits per heavy atom. The van der Waals surface area contributed by atoms with Crippen LogP contribution in [-0.4, -0.2) is 44.8 Å². The molecule has 10 heteroatoms. The van der Waals surface area contributed by atoms with Crippen molar-refractivity contribution in [1.29, 1.82) is 0 Å². The fraction of sp³-hybridized carbons (Fsp3) is 0.222. The number of carbonyl (C=O) groups excluding carboxylic acids is 2. The molecule has 194 valence electrons. The van der Waals surface area contributed by atoms with E-state index in [-0.39, 0.29) is 5.91 Å². The Morgan fingerprint density at radius 2 is 1.57 bits per heavy atom. The highest BCUT2D eigenvalue weighted by Gasteiger charge is 2.29. The zero-order chi connectivity index (χ0) is 27.0. The first-order valence-corrected chi connectivity index (χ1v) is 13.5. The van der Waals surface area contributed by atoms with E-state index in [1.807, 2.05) is 13.0 Å². The second kappa shape index (κ2) is 12.2. The van der Waals surface area contributed by atoms with Crippen LogP contribution in [0.3, 0.4) is 0 Å². The molecule has 0 saturated carbocycles. The van der Waals surface area contributed by atoms with Gasteiger partial charge in [0.25, 0.3) is 11.8 Å². The van der Waals surface area contributed by atoms with Crippen LogP contribution in [0.2, 0.25) is 0 Å². The van der Waals surface area contributed by atoms with Crippen molar-refractivity contribution in [2.45, 2.75) is 26.8 Å². The lowest BCUT2D eigenvalue weighted by Gasteiger charge is -2.27. The molecule has 9 nitrogen and oxygen atoms in total. The molecule has 0 aliphatic rings. The van der Waals surface area contributed by atoms with Crippen LogP contribution >= 0.6 is 0 Å². The molecule has 0 fully saturated rings. The molecule has 3 rings (SSSR count). The molecule has 0 saturated heterocycles. The third kappa shape index (κ3) is 7.40. The predicted octanol–water partition coefficient (Wildman–Crippen LogP) is 4.03. The second-order valence-electron chi connectivity index (χ2n) is 8.23. The number of hydrogen-bond donors (Lipinski definition) is 2. The number of ether oxygens (including phenoxy) is 1. The zero-order valence-electron chi connectivity index (χ0n) is 21.1. The smallest absolute Gasteiger partial charge is 0.263 e. The third-order valence-electron chi connectivity index (χ3n) is 5.42. The molecule has 1 atom stereocenters. The van der Waals surface area contributed by atoms with Crippen LogP contribution in [0.5, 0.6) is 5.75 Å². The molecule has 0 radical (unpaired) electrons. The number of rotatable bonds is 10. The van der Waals surface area contributed by atoms with Gasteiger partial charge >= 0.3 is 0 Å². The van der Waals surface area contributed by atoms with E-state index in [4.69, 9.17) is 4.74 Å². The first-order chi connectivity index (χ1) is 17.6. The predicted molar refractivity (Wildman–Crippen MR) is 146 cm³/mol. The lowest BCUT2D eigenvalue weighted by Crippen LogP contribution is -2.46. The fourth-order valence-electron chi connectivity index (χ4n) is 3.55. The monoisotopic (exact) mass is 522 g/mol. The third-order valence-corrected chi connectivity index (χ3v) is 6.66. The summed E-state index contributed by atoms with van der Waals surface area (Å²) in [4.78, 5) is 25.1. The van der Waals surface area contributed by atoms with Crippen LogP contribution in [-0.2, 0) is 14.8 Å². The molecule has 37 heavy (non-hydrogen) atoms. The number of benzene rings is 3. The molecule has 2 amide bonds. The summed E-state index contributed by atoms with van der Waals surface area (Å²) in [6.07, 6.45) is 1.04. The molecule has 3 aromatic rings. The summed E-state index contributed by atoms with van der Waals surface area (Å²) in [5.74, 6) is -0.212. The van der Waals surface area contributed by atoms with Gasteiger partial charge in [-0.3, -0.25) is 13.9 Å². The summed E-state index contributed by atoms with van der Waals surface area (Å²) >= 11 is 0. The summed E-state index contributed by atoms with van der Waals surface area (Å²) < 4.78 is 31.4. The molecule has 0 aliphatic carbocycles. The minimum absolute atomic E-state index is 0.219. The molecule has 3 aromatic carbocycles. The number of anilines is 2. The van der Waals surface area contributed by atoms with E-state index in [1.165, 1.54) is 6.92 Å². The van der Waals surface area contributed by atoms with Gasteiger partial charge in [-0.2, -0.15) is 5.10 Å². The standard InChI is InChI=1S/C27H30N4O5S/c1-5-36-25-17-15-24(16-18-25)31(37(4,34)35)20(3)26(32)30-29-19(2)21-11-13-23(14-12-21)28-27(33)22-9-7-6-8-10-22/h6-18,20H,5H2,1-4H3,(H,28,33)(H,30,32)/b29-19-/t20-/m0/s1. The molecule has 0 spiro atoms. The van der Waals surface area contributed by atoms with E-state index in [1.54, 1.807) is 79.7 Å². The average molecular weight is 523 g/mol. The Kier molecular flexibility index (Phi) is 9.02. The number of sulfonamides is 1. The highest BCUT2D eigenvalue weighted by atomic mass is 32.2. The summed E-state index contributed by atoms with van der Waals surface area (Å²) in [5.41, 5.74) is 5.18. The van der Waals surface area contributed by atoms with Crippen LogP contribution in [0.15, 0.2) is 84.0 Å². The Bertz CT molecular complexity index is 1360. The molecular weight excluding hydrogens is 492 g/mol. The van der Waals surface area contributed by atoms with E-state index in [0.29, 0.717) is 35.0 Å². The quantitative estimate of drug-likeness (QED) is 0.308. The van der Waals surface area contributed by atoms with Crippen molar-refractivity contribution in [3.8, 4) is 5.75 Å². The summed E-state index contributed by atoms with van der Waals surface area (Å²) in [7, 11) is -3.76. The fourth-order valence-corrected chi connectivity index (χ4v) is 4.72. The highest BCUT2D eigenvalue weighted by molar-refractivity contribution is 7.92. The maximum Gasteiger partial charge on any atom is 0.263 e. The van der Waals surface area contributed by atoms with Gasteiger partial charge in [0.1, 0.15) is 11.8 Å². The van der Waals surface area contributed by atoms with Crippen LogP contribution in [0.1, 0.15) is 36.7 Å². The van der Waals surface area contributed by atoms with Crippen molar-refractivity contribution in [2.75, 3.05) is 22.5 Å². The van der Waals surface area contributed by atoms with Gasteiger partial charge in [-0.05, 0) is 74.9 Å². The SMILES string of the molecule is CCOc1ccc(N([C@@H](C)C(=O)N/N=C(/C)c2ccc(NC(=O)c3ccccc3)cc2)S(C)(=O)=O)cc1. The number of hydrogen-bond acceptors (Lipinski definition) is 6. The normalized spacial score (nSPS) is 12.4. The minimum atomic E-state index is -3.76. The van der Waals surface area contributed by atoms with Gasteiger partial charge in [-0.1, -0.05) is 30.3 Å². The number of nitrogens with zero attached hydrogens (tertiary/aromatic N) is 2. The highest BCUT2D eigenvalue weighted by Crippen LogP contribution is 2.24. The number of amides is 2. The van der Waals surface area contributed by atoms with Gasteiger partial charge in [0, 0.05) is 11.3 Å². The van der Waals surface area contributed by atoms with Gasteiger partial charge < -0.3 is 10.1 Å². The van der Waals surface area contributed by atoms with Gasteiger partial charge in [-0.25, -0.2) is 13.8 Å². The minimum Gasteiger partial charge on any atom is -0.494 e. The second-order valence-corrected chi connectivity index (χ2v) is 10.1. The van der Waals surface area contributed by atoms with Gasteiger partial charge in [0.05, 0.1) is 24.3 Å². The van der Waals surface area contributed by atoms with Crippen molar-refractivity contribution in [3.05, 3.63) is 90.0 Å². The van der Waals surface area contributed by atoms with Gasteiger partial charge in [0.15, 0.2) is 0 Å². The topological polar surface area (TPSA) is 117 Å². The van der Waals surface area contributed by atoms with E-state index < -0.39 is 22.0 Å². The Balaban J connectivity index is 1.67. The zero-order valence-corrected chi connectivity index (χ0v) is 22.0.